The van der Waals surface area contributed by atoms with Gasteiger partial charge in [-0.3, -0.25) is 4.79 Å². The van der Waals surface area contributed by atoms with Crippen LogP contribution in [0.25, 0.3) is 5.69 Å². The van der Waals surface area contributed by atoms with E-state index in [-0.39, 0.29) is 29.8 Å². The van der Waals surface area contributed by atoms with Gasteiger partial charge in [0.1, 0.15) is 0 Å². The van der Waals surface area contributed by atoms with Gasteiger partial charge in [0.2, 0.25) is 0 Å². The number of rotatable bonds is 3. The minimum atomic E-state index is -0.211. The fourth-order valence-corrected chi connectivity index (χ4v) is 3.71. The third kappa shape index (κ3) is 4.76. The van der Waals surface area contributed by atoms with Crippen LogP contribution in [-0.2, 0) is 5.41 Å². The molecular weight excluding hydrogens is 372 g/mol. The summed E-state index contributed by atoms with van der Waals surface area (Å²) in [7, 11) is 0. The quantitative estimate of drug-likeness (QED) is 0.837. The zero-order valence-electron chi connectivity index (χ0n) is 17.6. The highest BCUT2D eigenvalue weighted by molar-refractivity contribution is 5.95. The third-order valence-corrected chi connectivity index (χ3v) is 5.44. The van der Waals surface area contributed by atoms with E-state index in [0.29, 0.717) is 11.5 Å². The van der Waals surface area contributed by atoms with E-state index in [4.69, 9.17) is 10.8 Å². The van der Waals surface area contributed by atoms with Crippen molar-refractivity contribution in [1.29, 1.82) is 0 Å². The molecule has 5 nitrogen and oxygen atoms in total. The number of amides is 1. The van der Waals surface area contributed by atoms with Gasteiger partial charge in [-0.05, 0) is 44.7 Å². The van der Waals surface area contributed by atoms with Crippen LogP contribution in [0.4, 0.5) is 0 Å². The van der Waals surface area contributed by atoms with Crippen molar-refractivity contribution in [3.05, 3.63) is 47.3 Å². The number of piperidine rings is 1. The van der Waals surface area contributed by atoms with Crippen LogP contribution in [0, 0.1) is 12.8 Å². The van der Waals surface area contributed by atoms with E-state index < -0.39 is 0 Å². The molecule has 2 heterocycles. The Morgan fingerprint density at radius 2 is 1.89 bits per heavy atom. The van der Waals surface area contributed by atoms with Crippen LogP contribution in [0.1, 0.15) is 62.2 Å². The van der Waals surface area contributed by atoms with Gasteiger partial charge < -0.3 is 10.6 Å². The number of aromatic nitrogens is 2. The number of carbonyl (C=O) groups excluding carboxylic acids is 1. The summed E-state index contributed by atoms with van der Waals surface area (Å²) >= 11 is 0. The number of benzene rings is 1. The number of hydrogen-bond acceptors (Lipinski definition) is 3. The molecule has 0 bridgehead atoms. The summed E-state index contributed by atoms with van der Waals surface area (Å²) < 4.78 is 1.83. The highest BCUT2D eigenvalue weighted by Gasteiger charge is 2.32. The molecule has 0 aliphatic carbocycles. The molecule has 6 heteroatoms. The number of aryl methyl sites for hydroxylation is 1. The molecule has 0 radical (unpaired) electrons. The largest absolute Gasteiger partial charge is 0.338 e. The number of likely N-dealkylation sites (tertiary alicyclic amines) is 1. The third-order valence-electron chi connectivity index (χ3n) is 5.44. The summed E-state index contributed by atoms with van der Waals surface area (Å²) in [6.07, 6.45) is 3.99. The predicted molar refractivity (Wildman–Crippen MR) is 117 cm³/mol. The fourth-order valence-electron chi connectivity index (χ4n) is 3.71. The molecule has 2 unspecified atom stereocenters. The molecule has 1 aromatic carbocycles. The Morgan fingerprint density at radius 3 is 2.46 bits per heavy atom. The molecule has 1 saturated heterocycles. The lowest BCUT2D eigenvalue weighted by atomic mass is 9.88. The van der Waals surface area contributed by atoms with Crippen molar-refractivity contribution < 1.29 is 4.79 Å². The van der Waals surface area contributed by atoms with E-state index in [1.54, 1.807) is 0 Å². The average Bonchev–Trinajstić information content (AvgIpc) is 3.07. The molecule has 3 rings (SSSR count). The number of carbonyl (C=O) groups is 1. The lowest BCUT2D eigenvalue weighted by Crippen LogP contribution is -2.45. The normalized spacial score (nSPS) is 18.5. The summed E-state index contributed by atoms with van der Waals surface area (Å²) in [5, 5.41) is 4.80. The molecule has 154 valence electrons. The first kappa shape index (κ1) is 22.4. The average molecular weight is 405 g/mol. The van der Waals surface area contributed by atoms with E-state index >= 15 is 0 Å². The lowest BCUT2D eigenvalue weighted by molar-refractivity contribution is 0.0658. The van der Waals surface area contributed by atoms with E-state index in [1.165, 1.54) is 5.56 Å². The van der Waals surface area contributed by atoms with E-state index in [2.05, 4.69) is 39.8 Å². The Labute approximate surface area is 174 Å². The highest BCUT2D eigenvalue weighted by atomic mass is 35.5. The van der Waals surface area contributed by atoms with Gasteiger partial charge in [-0.2, -0.15) is 5.10 Å². The van der Waals surface area contributed by atoms with Crippen molar-refractivity contribution in [1.82, 2.24) is 14.7 Å². The Bertz CT molecular complexity index is 805. The lowest BCUT2D eigenvalue weighted by Gasteiger charge is -2.35. The first-order valence-corrected chi connectivity index (χ1v) is 9.89. The summed E-state index contributed by atoms with van der Waals surface area (Å²) in [5.74, 6) is 0.441. The van der Waals surface area contributed by atoms with Crippen molar-refractivity contribution in [2.75, 3.05) is 13.1 Å². The van der Waals surface area contributed by atoms with Crippen molar-refractivity contribution in [2.24, 2.45) is 11.7 Å². The fraction of sp³-hybridized carbons (Fsp3) is 0.545. The Hall–Kier alpha value is -1.85. The van der Waals surface area contributed by atoms with Gasteiger partial charge in [0, 0.05) is 30.7 Å². The summed E-state index contributed by atoms with van der Waals surface area (Å²) in [4.78, 5) is 15.3. The Balaban J connectivity index is 0.00000280. The van der Waals surface area contributed by atoms with Gasteiger partial charge in [0.05, 0.1) is 16.9 Å². The zero-order valence-corrected chi connectivity index (χ0v) is 18.4. The topological polar surface area (TPSA) is 64.2 Å². The monoisotopic (exact) mass is 404 g/mol. The predicted octanol–water partition coefficient (Wildman–Crippen LogP) is 4.10. The Morgan fingerprint density at radius 1 is 1.25 bits per heavy atom. The SMILES string of the molecule is Cc1ccc(-n2cc(C(=O)N3CCCC(C(C)N)C3)c(C(C)(C)C)n2)cc1.Cl. The van der Waals surface area contributed by atoms with E-state index in [0.717, 1.165) is 37.3 Å². The van der Waals surface area contributed by atoms with Crippen molar-refractivity contribution in [3.63, 3.8) is 0 Å². The van der Waals surface area contributed by atoms with E-state index in [9.17, 15) is 4.79 Å². The van der Waals surface area contributed by atoms with Gasteiger partial charge in [0.15, 0.2) is 0 Å². The van der Waals surface area contributed by atoms with Gasteiger partial charge >= 0.3 is 0 Å². The van der Waals surface area contributed by atoms with Crippen molar-refractivity contribution in [3.8, 4) is 5.69 Å². The number of hydrogen-bond donors (Lipinski definition) is 1. The van der Waals surface area contributed by atoms with Crippen LogP contribution in [0.5, 0.6) is 0 Å². The molecule has 0 spiro atoms. The van der Waals surface area contributed by atoms with Gasteiger partial charge in [-0.1, -0.05) is 38.5 Å². The zero-order chi connectivity index (χ0) is 19.8. The van der Waals surface area contributed by atoms with Gasteiger partial charge in [0.25, 0.3) is 5.91 Å². The highest BCUT2D eigenvalue weighted by Crippen LogP contribution is 2.28. The second kappa shape index (κ2) is 8.66. The van der Waals surface area contributed by atoms with Crippen LogP contribution < -0.4 is 5.73 Å². The minimum absolute atomic E-state index is 0. The van der Waals surface area contributed by atoms with Crippen LogP contribution in [-0.4, -0.2) is 39.7 Å². The van der Waals surface area contributed by atoms with Crippen LogP contribution in [0.15, 0.2) is 30.5 Å². The molecule has 2 atom stereocenters. The first-order chi connectivity index (χ1) is 12.7. The number of nitrogens with two attached hydrogens (primary N) is 1. The molecule has 1 aromatic heterocycles. The molecular formula is C22H33ClN4O. The van der Waals surface area contributed by atoms with E-state index in [1.807, 2.05) is 34.8 Å². The minimum Gasteiger partial charge on any atom is -0.338 e. The Kier molecular flexibility index (Phi) is 6.94. The maximum Gasteiger partial charge on any atom is 0.257 e. The number of nitrogens with zero attached hydrogens (tertiary/aromatic N) is 3. The molecule has 1 fully saturated rings. The summed E-state index contributed by atoms with van der Waals surface area (Å²) in [5.41, 5.74) is 9.61. The second-order valence-electron chi connectivity index (χ2n) is 8.93. The van der Waals surface area contributed by atoms with Crippen LogP contribution in [0.3, 0.4) is 0 Å². The maximum absolute atomic E-state index is 13.4. The molecule has 1 aliphatic rings. The second-order valence-corrected chi connectivity index (χ2v) is 8.93. The molecule has 0 saturated carbocycles. The molecule has 2 aromatic rings. The smallest absolute Gasteiger partial charge is 0.257 e. The van der Waals surface area contributed by atoms with Crippen molar-refractivity contribution >= 4 is 18.3 Å². The van der Waals surface area contributed by atoms with Gasteiger partial charge in [-0.15, -0.1) is 12.4 Å². The molecule has 1 amide bonds. The molecule has 1 aliphatic heterocycles. The molecule has 2 N–H and O–H groups in total. The van der Waals surface area contributed by atoms with Crippen molar-refractivity contribution in [2.45, 2.75) is 58.9 Å². The van der Waals surface area contributed by atoms with Crippen LogP contribution >= 0.6 is 12.4 Å². The van der Waals surface area contributed by atoms with Crippen LogP contribution in [0.2, 0.25) is 0 Å². The summed E-state index contributed by atoms with van der Waals surface area (Å²) in [6.45, 7) is 11.9. The standard InChI is InChI=1S/C22H32N4O.ClH/c1-15-8-10-18(11-9-15)26-14-19(20(24-26)22(3,4)5)21(27)25-12-6-7-17(13-25)16(2)23;/h8-11,14,16-17H,6-7,12-13,23H2,1-5H3;1H. The number of halogens is 1. The summed E-state index contributed by atoms with van der Waals surface area (Å²) in [6, 6.07) is 8.31. The first-order valence-electron chi connectivity index (χ1n) is 9.89. The molecule has 28 heavy (non-hydrogen) atoms. The maximum atomic E-state index is 13.4. The van der Waals surface area contributed by atoms with Gasteiger partial charge in [-0.25, -0.2) is 4.68 Å².